The lowest BCUT2D eigenvalue weighted by Gasteiger charge is -2.22. The molecule has 22 heavy (non-hydrogen) atoms. The molecule has 1 rings (SSSR count). The maximum absolute atomic E-state index is 11.9. The van der Waals surface area contributed by atoms with Gasteiger partial charge < -0.3 is 10.4 Å². The first-order valence-electron chi connectivity index (χ1n) is 7.34. The lowest BCUT2D eigenvalue weighted by molar-refractivity contribution is 0.446. The van der Waals surface area contributed by atoms with Crippen LogP contribution in [0.15, 0.2) is 17.0 Å². The zero-order valence-corrected chi connectivity index (χ0v) is 15.7. The number of phenolic OH excluding ortho intramolecular Hbond substituents is 1. The van der Waals surface area contributed by atoms with E-state index >= 15 is 0 Å². The quantitative estimate of drug-likeness (QED) is 0.772. The summed E-state index contributed by atoms with van der Waals surface area (Å²) in [7, 11) is -3.45. The van der Waals surface area contributed by atoms with Gasteiger partial charge in [0, 0.05) is 18.4 Å². The number of hydrogen-bond donors (Lipinski definition) is 2. The molecule has 0 saturated carbocycles. The normalized spacial score (nSPS) is 12.0. The SMILES string of the molecule is CCCCNCc1cc(C(C)(C)C)cc(S(C)(=O)=O)c1O.Cl. The number of hydrogen-bond acceptors (Lipinski definition) is 4. The Kier molecular flexibility index (Phi) is 7.89. The number of halogens is 1. The second kappa shape index (κ2) is 8.18. The van der Waals surface area contributed by atoms with Crippen LogP contribution in [0.5, 0.6) is 5.75 Å². The predicted octanol–water partition coefficient (Wildman–Crippen LogP) is 3.40. The molecule has 0 saturated heterocycles. The van der Waals surface area contributed by atoms with Crippen molar-refractivity contribution >= 4 is 22.2 Å². The Bertz CT molecular complexity index is 592. The van der Waals surface area contributed by atoms with Crippen LogP contribution in [-0.2, 0) is 21.8 Å². The van der Waals surface area contributed by atoms with Crippen LogP contribution in [0, 0.1) is 0 Å². The molecule has 6 heteroatoms. The lowest BCUT2D eigenvalue weighted by Crippen LogP contribution is -2.18. The van der Waals surface area contributed by atoms with Crippen LogP contribution < -0.4 is 5.32 Å². The summed E-state index contributed by atoms with van der Waals surface area (Å²) < 4.78 is 23.8. The van der Waals surface area contributed by atoms with Gasteiger partial charge in [0.25, 0.3) is 0 Å². The van der Waals surface area contributed by atoms with Gasteiger partial charge in [-0.05, 0) is 30.0 Å². The Morgan fingerprint density at radius 1 is 1.23 bits per heavy atom. The number of sulfone groups is 1. The van der Waals surface area contributed by atoms with E-state index in [0.29, 0.717) is 12.1 Å². The Labute approximate surface area is 140 Å². The van der Waals surface area contributed by atoms with E-state index in [1.807, 2.05) is 26.8 Å². The molecule has 0 atom stereocenters. The van der Waals surface area contributed by atoms with E-state index in [9.17, 15) is 13.5 Å². The summed E-state index contributed by atoms with van der Waals surface area (Å²) in [6.45, 7) is 9.52. The Hall–Kier alpha value is -0.780. The fourth-order valence-electron chi connectivity index (χ4n) is 2.04. The van der Waals surface area contributed by atoms with Crippen LogP contribution >= 0.6 is 12.4 Å². The molecule has 4 nitrogen and oxygen atoms in total. The molecule has 0 aliphatic heterocycles. The number of aromatic hydroxyl groups is 1. The summed E-state index contributed by atoms with van der Waals surface area (Å²) in [4.78, 5) is 0.0159. The molecule has 0 amide bonds. The van der Waals surface area contributed by atoms with E-state index in [4.69, 9.17) is 0 Å². The molecule has 2 N–H and O–H groups in total. The Morgan fingerprint density at radius 2 is 1.82 bits per heavy atom. The average molecular weight is 350 g/mol. The summed E-state index contributed by atoms with van der Waals surface area (Å²) in [5.74, 6) is -0.130. The van der Waals surface area contributed by atoms with E-state index in [1.54, 1.807) is 6.07 Å². The molecular formula is C16H28ClNO3S. The maximum Gasteiger partial charge on any atom is 0.179 e. The highest BCUT2D eigenvalue weighted by atomic mass is 35.5. The van der Waals surface area contributed by atoms with Gasteiger partial charge in [-0.2, -0.15) is 0 Å². The Balaban J connectivity index is 0.00000441. The summed E-state index contributed by atoms with van der Waals surface area (Å²) in [5.41, 5.74) is 1.37. The number of benzene rings is 1. The first-order chi connectivity index (χ1) is 9.57. The molecule has 0 radical (unpaired) electrons. The Morgan fingerprint density at radius 3 is 2.27 bits per heavy atom. The van der Waals surface area contributed by atoms with E-state index in [-0.39, 0.29) is 28.5 Å². The summed E-state index contributed by atoms with van der Waals surface area (Å²) in [5, 5.41) is 13.5. The number of nitrogens with one attached hydrogen (secondary N) is 1. The fourth-order valence-corrected chi connectivity index (χ4v) is 2.86. The molecule has 0 bridgehead atoms. The zero-order chi connectivity index (χ0) is 16.3. The molecule has 0 aliphatic carbocycles. The van der Waals surface area contributed by atoms with Crippen LogP contribution in [0.1, 0.15) is 51.7 Å². The summed E-state index contributed by atoms with van der Waals surface area (Å²) in [6.07, 6.45) is 3.27. The lowest BCUT2D eigenvalue weighted by atomic mass is 9.86. The van der Waals surface area contributed by atoms with Crippen molar-refractivity contribution in [2.75, 3.05) is 12.8 Å². The summed E-state index contributed by atoms with van der Waals surface area (Å²) in [6, 6.07) is 3.48. The van der Waals surface area contributed by atoms with Gasteiger partial charge in [0.1, 0.15) is 10.6 Å². The maximum atomic E-state index is 11.9. The highest BCUT2D eigenvalue weighted by Crippen LogP contribution is 2.33. The molecule has 128 valence electrons. The fraction of sp³-hybridized carbons (Fsp3) is 0.625. The van der Waals surface area contributed by atoms with Crippen molar-refractivity contribution in [1.29, 1.82) is 0 Å². The van der Waals surface area contributed by atoms with E-state index in [0.717, 1.165) is 31.2 Å². The molecule has 0 fully saturated rings. The van der Waals surface area contributed by atoms with Gasteiger partial charge in [-0.25, -0.2) is 8.42 Å². The number of rotatable bonds is 6. The summed E-state index contributed by atoms with van der Waals surface area (Å²) >= 11 is 0. The predicted molar refractivity (Wildman–Crippen MR) is 93.8 cm³/mol. The second-order valence-corrected chi connectivity index (χ2v) is 8.52. The van der Waals surface area contributed by atoms with Crippen molar-refractivity contribution in [1.82, 2.24) is 5.32 Å². The van der Waals surface area contributed by atoms with Gasteiger partial charge in [0.05, 0.1) is 0 Å². The molecule has 1 aromatic rings. The first-order valence-corrected chi connectivity index (χ1v) is 9.23. The average Bonchev–Trinajstić information content (AvgIpc) is 2.33. The van der Waals surface area contributed by atoms with Gasteiger partial charge in [-0.3, -0.25) is 0 Å². The van der Waals surface area contributed by atoms with Gasteiger partial charge >= 0.3 is 0 Å². The largest absolute Gasteiger partial charge is 0.506 e. The third-order valence-electron chi connectivity index (χ3n) is 3.44. The van der Waals surface area contributed by atoms with Crippen molar-refractivity contribution in [3.63, 3.8) is 0 Å². The zero-order valence-electron chi connectivity index (χ0n) is 14.1. The van der Waals surface area contributed by atoms with Crippen molar-refractivity contribution in [3.8, 4) is 5.75 Å². The third-order valence-corrected chi connectivity index (χ3v) is 4.55. The highest BCUT2D eigenvalue weighted by Gasteiger charge is 2.22. The van der Waals surface area contributed by atoms with Crippen LogP contribution in [0.4, 0.5) is 0 Å². The molecule has 0 aliphatic rings. The van der Waals surface area contributed by atoms with Crippen molar-refractivity contribution in [3.05, 3.63) is 23.3 Å². The smallest absolute Gasteiger partial charge is 0.179 e. The molecule has 1 aromatic carbocycles. The van der Waals surface area contributed by atoms with Gasteiger partial charge in [0.15, 0.2) is 9.84 Å². The van der Waals surface area contributed by atoms with Gasteiger partial charge in [-0.1, -0.05) is 40.2 Å². The topological polar surface area (TPSA) is 66.4 Å². The number of unbranched alkanes of at least 4 members (excludes halogenated alkanes) is 1. The standard InChI is InChI=1S/C16H27NO3S.ClH/c1-6-7-8-17-11-12-9-13(16(2,3)4)10-14(15(12)18)21(5,19)20;/h9-10,17-18H,6-8,11H2,1-5H3;1H. The highest BCUT2D eigenvalue weighted by molar-refractivity contribution is 7.90. The van der Waals surface area contributed by atoms with Crippen LogP contribution in [0.2, 0.25) is 0 Å². The van der Waals surface area contributed by atoms with Crippen LogP contribution in [0.3, 0.4) is 0 Å². The van der Waals surface area contributed by atoms with Crippen molar-refractivity contribution in [2.45, 2.75) is 57.4 Å². The molecular weight excluding hydrogens is 322 g/mol. The minimum Gasteiger partial charge on any atom is -0.506 e. The van der Waals surface area contributed by atoms with Gasteiger partial charge in [-0.15, -0.1) is 12.4 Å². The molecule has 0 aromatic heterocycles. The van der Waals surface area contributed by atoms with E-state index in [1.165, 1.54) is 0 Å². The van der Waals surface area contributed by atoms with E-state index < -0.39 is 9.84 Å². The van der Waals surface area contributed by atoms with Crippen molar-refractivity contribution < 1.29 is 13.5 Å². The number of phenols is 1. The third kappa shape index (κ3) is 5.78. The van der Waals surface area contributed by atoms with E-state index in [2.05, 4.69) is 12.2 Å². The molecule has 0 spiro atoms. The van der Waals surface area contributed by atoms with Crippen molar-refractivity contribution in [2.24, 2.45) is 0 Å². The minimum atomic E-state index is -3.45. The molecule has 0 heterocycles. The second-order valence-electron chi connectivity index (χ2n) is 6.53. The monoisotopic (exact) mass is 349 g/mol. The molecule has 0 unspecified atom stereocenters. The van der Waals surface area contributed by atoms with Crippen LogP contribution in [-0.4, -0.2) is 26.3 Å². The first kappa shape index (κ1) is 21.2. The minimum absolute atomic E-state index is 0. The van der Waals surface area contributed by atoms with Gasteiger partial charge in [0.2, 0.25) is 0 Å². The van der Waals surface area contributed by atoms with Crippen LogP contribution in [0.25, 0.3) is 0 Å².